The molecule has 1 heterocycles. The van der Waals surface area contributed by atoms with E-state index in [1.807, 2.05) is 0 Å². The van der Waals surface area contributed by atoms with Crippen molar-refractivity contribution >= 4 is 5.91 Å². The second-order valence-corrected chi connectivity index (χ2v) is 6.60. The average Bonchev–Trinajstić information content (AvgIpc) is 2.61. The van der Waals surface area contributed by atoms with Gasteiger partial charge in [0.25, 0.3) is 5.91 Å². The SMILES string of the molecule is O=C(c1ccc(O)cc1)N1CCC[C@@H]2c3ccccc3CC[C@@H]21. The maximum Gasteiger partial charge on any atom is 0.254 e. The standard InChI is InChI=1S/C20H21NO2/c22-16-10-7-15(8-11-16)20(23)21-13-3-6-18-17-5-2-1-4-14(17)9-12-19(18)21/h1-2,4-5,7-8,10-11,18-19,22H,3,6,9,12-13H2/t18-,19+/m1/s1. The van der Waals surface area contributed by atoms with Gasteiger partial charge in [-0.2, -0.15) is 0 Å². The lowest BCUT2D eigenvalue weighted by Crippen LogP contribution is -2.49. The Morgan fingerprint density at radius 1 is 1.04 bits per heavy atom. The third kappa shape index (κ3) is 2.50. The van der Waals surface area contributed by atoms with Crippen LogP contribution in [0.15, 0.2) is 48.5 Å². The van der Waals surface area contributed by atoms with E-state index in [4.69, 9.17) is 0 Å². The van der Waals surface area contributed by atoms with Gasteiger partial charge in [-0.1, -0.05) is 24.3 Å². The van der Waals surface area contributed by atoms with Crippen molar-refractivity contribution in [1.29, 1.82) is 0 Å². The second-order valence-electron chi connectivity index (χ2n) is 6.60. The van der Waals surface area contributed by atoms with E-state index in [0.29, 0.717) is 17.5 Å². The fourth-order valence-electron chi connectivity index (χ4n) is 4.23. The number of carbonyl (C=O) groups excluding carboxylic acids is 1. The number of piperidine rings is 1. The number of carbonyl (C=O) groups is 1. The smallest absolute Gasteiger partial charge is 0.254 e. The quantitative estimate of drug-likeness (QED) is 0.872. The number of hydrogen-bond donors (Lipinski definition) is 1. The molecule has 4 rings (SSSR count). The summed E-state index contributed by atoms with van der Waals surface area (Å²) >= 11 is 0. The van der Waals surface area contributed by atoms with Crippen molar-refractivity contribution in [2.24, 2.45) is 0 Å². The third-order valence-corrected chi connectivity index (χ3v) is 5.32. The van der Waals surface area contributed by atoms with E-state index in [2.05, 4.69) is 29.2 Å². The summed E-state index contributed by atoms with van der Waals surface area (Å²) in [6.07, 6.45) is 4.32. The second kappa shape index (κ2) is 5.73. The van der Waals surface area contributed by atoms with Crippen molar-refractivity contribution in [2.45, 2.75) is 37.6 Å². The molecule has 0 radical (unpaired) electrons. The molecule has 1 saturated heterocycles. The highest BCUT2D eigenvalue weighted by Gasteiger charge is 2.38. The fourth-order valence-corrected chi connectivity index (χ4v) is 4.23. The Kier molecular flexibility index (Phi) is 3.56. The van der Waals surface area contributed by atoms with E-state index >= 15 is 0 Å². The van der Waals surface area contributed by atoms with Crippen LogP contribution < -0.4 is 0 Å². The number of phenols is 1. The Morgan fingerprint density at radius 2 is 1.83 bits per heavy atom. The number of phenolic OH excluding ortho intramolecular Hbond substituents is 1. The van der Waals surface area contributed by atoms with Crippen LogP contribution in [0.2, 0.25) is 0 Å². The first-order valence-electron chi connectivity index (χ1n) is 8.42. The minimum absolute atomic E-state index is 0.0964. The van der Waals surface area contributed by atoms with Gasteiger partial charge in [0.2, 0.25) is 0 Å². The topological polar surface area (TPSA) is 40.5 Å². The number of fused-ring (bicyclic) bond motifs is 3. The van der Waals surface area contributed by atoms with E-state index < -0.39 is 0 Å². The van der Waals surface area contributed by atoms with Gasteiger partial charge in [0.15, 0.2) is 0 Å². The minimum Gasteiger partial charge on any atom is -0.508 e. The molecule has 2 atom stereocenters. The van der Waals surface area contributed by atoms with Crippen LogP contribution in [0.4, 0.5) is 0 Å². The lowest BCUT2D eigenvalue weighted by molar-refractivity contribution is 0.0547. The van der Waals surface area contributed by atoms with Crippen molar-refractivity contribution in [3.63, 3.8) is 0 Å². The number of amides is 1. The van der Waals surface area contributed by atoms with Gasteiger partial charge in [-0.05, 0) is 61.1 Å². The highest BCUT2D eigenvalue weighted by molar-refractivity contribution is 5.94. The molecule has 3 heteroatoms. The normalized spacial score (nSPS) is 23.0. The first-order chi connectivity index (χ1) is 11.2. The van der Waals surface area contributed by atoms with E-state index in [-0.39, 0.29) is 11.7 Å². The molecule has 3 nitrogen and oxygen atoms in total. The van der Waals surface area contributed by atoms with Crippen molar-refractivity contribution in [3.05, 3.63) is 65.2 Å². The molecule has 23 heavy (non-hydrogen) atoms. The first kappa shape index (κ1) is 14.3. The number of benzene rings is 2. The van der Waals surface area contributed by atoms with Crippen molar-refractivity contribution in [1.82, 2.24) is 4.90 Å². The molecule has 118 valence electrons. The van der Waals surface area contributed by atoms with Crippen LogP contribution in [0.1, 0.15) is 46.7 Å². The van der Waals surface area contributed by atoms with E-state index in [1.165, 1.54) is 17.5 Å². The summed E-state index contributed by atoms with van der Waals surface area (Å²) in [6.45, 7) is 0.836. The Labute approximate surface area is 136 Å². The lowest BCUT2D eigenvalue weighted by Gasteiger charge is -2.45. The molecule has 2 aromatic rings. The third-order valence-electron chi connectivity index (χ3n) is 5.32. The van der Waals surface area contributed by atoms with Crippen LogP contribution in [-0.4, -0.2) is 28.5 Å². The maximum absolute atomic E-state index is 12.9. The Bertz CT molecular complexity index is 723. The zero-order valence-electron chi connectivity index (χ0n) is 13.1. The summed E-state index contributed by atoms with van der Waals surface area (Å²) in [7, 11) is 0. The number of rotatable bonds is 1. The molecule has 1 N–H and O–H groups in total. The molecule has 1 fully saturated rings. The monoisotopic (exact) mass is 307 g/mol. The molecule has 1 aliphatic carbocycles. The van der Waals surface area contributed by atoms with Gasteiger partial charge in [0, 0.05) is 24.1 Å². The van der Waals surface area contributed by atoms with Crippen LogP contribution in [0, 0.1) is 0 Å². The summed E-state index contributed by atoms with van der Waals surface area (Å²) in [6, 6.07) is 15.6. The van der Waals surface area contributed by atoms with E-state index in [1.54, 1.807) is 24.3 Å². The Hall–Kier alpha value is -2.29. The number of nitrogens with zero attached hydrogens (tertiary/aromatic N) is 1. The van der Waals surface area contributed by atoms with Crippen LogP contribution in [0.25, 0.3) is 0 Å². The van der Waals surface area contributed by atoms with Gasteiger partial charge in [-0.25, -0.2) is 0 Å². The summed E-state index contributed by atoms with van der Waals surface area (Å²) in [4.78, 5) is 15.0. The number of likely N-dealkylation sites (tertiary alicyclic amines) is 1. The molecule has 0 bridgehead atoms. The highest BCUT2D eigenvalue weighted by atomic mass is 16.3. The van der Waals surface area contributed by atoms with Crippen molar-refractivity contribution < 1.29 is 9.90 Å². The highest BCUT2D eigenvalue weighted by Crippen LogP contribution is 2.41. The zero-order chi connectivity index (χ0) is 15.8. The largest absolute Gasteiger partial charge is 0.508 e. The molecular formula is C20H21NO2. The summed E-state index contributed by atoms with van der Waals surface area (Å²) in [5.41, 5.74) is 3.56. The molecule has 2 aromatic carbocycles. The van der Waals surface area contributed by atoms with Crippen LogP contribution >= 0.6 is 0 Å². The molecule has 0 spiro atoms. The summed E-state index contributed by atoms with van der Waals surface area (Å²) < 4.78 is 0. The van der Waals surface area contributed by atoms with Crippen molar-refractivity contribution in [3.8, 4) is 5.75 Å². The van der Waals surface area contributed by atoms with Crippen LogP contribution in [0.5, 0.6) is 5.75 Å². The molecular weight excluding hydrogens is 286 g/mol. The summed E-state index contributed by atoms with van der Waals surface area (Å²) in [5, 5.41) is 9.42. The number of hydrogen-bond acceptors (Lipinski definition) is 2. The first-order valence-corrected chi connectivity index (χ1v) is 8.42. The van der Waals surface area contributed by atoms with Gasteiger partial charge in [0.1, 0.15) is 5.75 Å². The van der Waals surface area contributed by atoms with Gasteiger partial charge in [-0.15, -0.1) is 0 Å². The minimum atomic E-state index is 0.0964. The maximum atomic E-state index is 12.9. The van der Waals surface area contributed by atoms with Crippen molar-refractivity contribution in [2.75, 3.05) is 6.54 Å². The van der Waals surface area contributed by atoms with Gasteiger partial charge in [0.05, 0.1) is 0 Å². The number of aryl methyl sites for hydroxylation is 1. The van der Waals surface area contributed by atoms with E-state index in [0.717, 1.165) is 25.8 Å². The van der Waals surface area contributed by atoms with Gasteiger partial charge in [-0.3, -0.25) is 4.79 Å². The predicted octanol–water partition coefficient (Wildman–Crippen LogP) is 3.73. The molecule has 2 aliphatic rings. The van der Waals surface area contributed by atoms with Crippen LogP contribution in [-0.2, 0) is 6.42 Å². The number of aromatic hydroxyl groups is 1. The predicted molar refractivity (Wildman–Crippen MR) is 89.7 cm³/mol. The summed E-state index contributed by atoms with van der Waals surface area (Å²) in [5.74, 6) is 0.763. The van der Waals surface area contributed by atoms with Gasteiger partial charge < -0.3 is 10.0 Å². The molecule has 1 aliphatic heterocycles. The lowest BCUT2D eigenvalue weighted by atomic mass is 9.74. The molecule has 0 aromatic heterocycles. The molecule has 0 saturated carbocycles. The average molecular weight is 307 g/mol. The van der Waals surface area contributed by atoms with Crippen LogP contribution in [0.3, 0.4) is 0 Å². The Balaban J connectivity index is 1.63. The molecule has 1 amide bonds. The van der Waals surface area contributed by atoms with Gasteiger partial charge >= 0.3 is 0 Å². The fraction of sp³-hybridized carbons (Fsp3) is 0.350. The Morgan fingerprint density at radius 3 is 2.65 bits per heavy atom. The zero-order valence-corrected chi connectivity index (χ0v) is 13.1. The van der Waals surface area contributed by atoms with E-state index in [9.17, 15) is 9.90 Å². The molecule has 0 unspecified atom stereocenters.